The lowest BCUT2D eigenvalue weighted by Gasteiger charge is -2.09. The minimum absolute atomic E-state index is 0.0307. The van der Waals surface area contributed by atoms with E-state index in [9.17, 15) is 9.59 Å². The largest absolute Gasteiger partial charge is 0.450 e. The Bertz CT molecular complexity index is 193. The highest BCUT2D eigenvalue weighted by atomic mass is 16.5. The lowest BCUT2D eigenvalue weighted by Crippen LogP contribution is -2.36. The number of rotatable bonds is 2. The van der Waals surface area contributed by atoms with Gasteiger partial charge in [0, 0.05) is 13.0 Å². The molecule has 5 heteroatoms. The van der Waals surface area contributed by atoms with Crippen molar-refractivity contribution in [2.75, 3.05) is 13.2 Å². The van der Waals surface area contributed by atoms with Crippen LogP contribution in [0.25, 0.3) is 0 Å². The van der Waals surface area contributed by atoms with E-state index in [0.717, 1.165) is 0 Å². The molecule has 1 rings (SSSR count). The normalized spacial score (nSPS) is 21.8. The average molecular weight is 172 g/mol. The molecule has 5 nitrogen and oxygen atoms in total. The zero-order valence-corrected chi connectivity index (χ0v) is 6.92. The van der Waals surface area contributed by atoms with Crippen molar-refractivity contribution in [3.63, 3.8) is 0 Å². The molecule has 0 aromatic rings. The van der Waals surface area contributed by atoms with Gasteiger partial charge in [0.05, 0.1) is 12.6 Å². The molecule has 68 valence electrons. The van der Waals surface area contributed by atoms with Gasteiger partial charge in [0.2, 0.25) is 5.91 Å². The molecule has 0 radical (unpaired) electrons. The van der Waals surface area contributed by atoms with Crippen molar-refractivity contribution in [1.82, 2.24) is 10.6 Å². The second-order valence-electron chi connectivity index (χ2n) is 2.57. The summed E-state index contributed by atoms with van der Waals surface area (Å²) in [7, 11) is 0. The van der Waals surface area contributed by atoms with E-state index in [1.807, 2.05) is 0 Å². The van der Waals surface area contributed by atoms with Crippen LogP contribution in [0.15, 0.2) is 0 Å². The van der Waals surface area contributed by atoms with Crippen LogP contribution in [0.4, 0.5) is 4.79 Å². The van der Waals surface area contributed by atoms with Gasteiger partial charge < -0.3 is 15.4 Å². The second kappa shape index (κ2) is 3.94. The van der Waals surface area contributed by atoms with E-state index >= 15 is 0 Å². The van der Waals surface area contributed by atoms with Crippen molar-refractivity contribution in [2.24, 2.45) is 0 Å². The number of nitrogens with one attached hydrogen (secondary N) is 2. The zero-order valence-electron chi connectivity index (χ0n) is 6.92. The van der Waals surface area contributed by atoms with Crippen LogP contribution in [0.5, 0.6) is 0 Å². The molecular formula is C7H12N2O3. The minimum atomic E-state index is -0.459. The Morgan fingerprint density at radius 1 is 1.83 bits per heavy atom. The van der Waals surface area contributed by atoms with Crippen LogP contribution in [-0.2, 0) is 9.53 Å². The number of ether oxygens (including phenoxy) is 1. The summed E-state index contributed by atoms with van der Waals surface area (Å²) < 4.78 is 4.65. The van der Waals surface area contributed by atoms with E-state index in [4.69, 9.17) is 0 Å². The molecule has 0 bridgehead atoms. The molecule has 1 saturated heterocycles. The van der Waals surface area contributed by atoms with Crippen LogP contribution in [0, 0.1) is 0 Å². The smallest absolute Gasteiger partial charge is 0.407 e. The van der Waals surface area contributed by atoms with E-state index in [-0.39, 0.29) is 11.9 Å². The third-order valence-electron chi connectivity index (χ3n) is 1.57. The Morgan fingerprint density at radius 3 is 3.08 bits per heavy atom. The first-order valence-corrected chi connectivity index (χ1v) is 3.92. The predicted molar refractivity (Wildman–Crippen MR) is 41.6 cm³/mol. The molecule has 2 amide bonds. The van der Waals surface area contributed by atoms with Gasteiger partial charge in [-0.25, -0.2) is 4.79 Å². The SMILES string of the molecule is CCOC(=O)NC1CNC(=O)C1. The van der Waals surface area contributed by atoms with Crippen molar-refractivity contribution in [3.05, 3.63) is 0 Å². The summed E-state index contributed by atoms with van der Waals surface area (Å²) in [4.78, 5) is 21.5. The molecule has 0 aromatic carbocycles. The maximum Gasteiger partial charge on any atom is 0.407 e. The fourth-order valence-corrected chi connectivity index (χ4v) is 1.05. The lowest BCUT2D eigenvalue weighted by molar-refractivity contribution is -0.119. The number of amides is 2. The highest BCUT2D eigenvalue weighted by Gasteiger charge is 2.22. The molecule has 0 aromatic heterocycles. The van der Waals surface area contributed by atoms with Crippen LogP contribution in [0.2, 0.25) is 0 Å². The van der Waals surface area contributed by atoms with E-state index in [1.165, 1.54) is 0 Å². The lowest BCUT2D eigenvalue weighted by atomic mass is 10.3. The number of carbonyl (C=O) groups is 2. The van der Waals surface area contributed by atoms with E-state index < -0.39 is 6.09 Å². The number of carbonyl (C=O) groups excluding carboxylic acids is 2. The first-order chi connectivity index (χ1) is 5.72. The molecule has 1 heterocycles. The van der Waals surface area contributed by atoms with Crippen molar-refractivity contribution >= 4 is 12.0 Å². The van der Waals surface area contributed by atoms with Gasteiger partial charge in [0.25, 0.3) is 0 Å². The van der Waals surface area contributed by atoms with Gasteiger partial charge in [0.15, 0.2) is 0 Å². The Balaban J connectivity index is 2.23. The van der Waals surface area contributed by atoms with Crippen LogP contribution in [0.1, 0.15) is 13.3 Å². The van der Waals surface area contributed by atoms with Gasteiger partial charge in [-0.2, -0.15) is 0 Å². The van der Waals surface area contributed by atoms with Crippen molar-refractivity contribution in [2.45, 2.75) is 19.4 Å². The average Bonchev–Trinajstić information content (AvgIpc) is 2.36. The highest BCUT2D eigenvalue weighted by Crippen LogP contribution is 1.98. The van der Waals surface area contributed by atoms with Crippen molar-refractivity contribution < 1.29 is 14.3 Å². The summed E-state index contributed by atoms with van der Waals surface area (Å²) in [6.45, 7) is 2.58. The summed E-state index contributed by atoms with van der Waals surface area (Å²) in [5.41, 5.74) is 0. The van der Waals surface area contributed by atoms with Crippen LogP contribution < -0.4 is 10.6 Å². The zero-order chi connectivity index (χ0) is 8.97. The highest BCUT2D eigenvalue weighted by molar-refractivity contribution is 5.80. The molecule has 1 atom stereocenters. The third kappa shape index (κ3) is 2.41. The van der Waals surface area contributed by atoms with Gasteiger partial charge in [-0.05, 0) is 6.92 Å². The number of hydrogen-bond donors (Lipinski definition) is 2. The molecule has 1 aliphatic rings. The summed E-state index contributed by atoms with van der Waals surface area (Å²) in [6, 6.07) is -0.114. The Kier molecular flexibility index (Phi) is 2.90. The Hall–Kier alpha value is -1.26. The minimum Gasteiger partial charge on any atom is -0.450 e. The molecule has 0 aliphatic carbocycles. The number of hydrogen-bond acceptors (Lipinski definition) is 3. The molecule has 1 unspecified atom stereocenters. The maximum atomic E-state index is 10.8. The van der Waals surface area contributed by atoms with Crippen molar-refractivity contribution in [1.29, 1.82) is 0 Å². The van der Waals surface area contributed by atoms with Gasteiger partial charge in [-0.1, -0.05) is 0 Å². The summed E-state index contributed by atoms with van der Waals surface area (Å²) in [5, 5.41) is 5.17. The van der Waals surface area contributed by atoms with Crippen LogP contribution >= 0.6 is 0 Å². The van der Waals surface area contributed by atoms with Crippen LogP contribution in [0.3, 0.4) is 0 Å². The molecule has 0 saturated carbocycles. The first kappa shape index (κ1) is 8.83. The summed E-state index contributed by atoms with van der Waals surface area (Å²) in [6.07, 6.45) is -0.113. The molecular weight excluding hydrogens is 160 g/mol. The molecule has 0 spiro atoms. The van der Waals surface area contributed by atoms with Gasteiger partial charge in [-0.3, -0.25) is 4.79 Å². The fourth-order valence-electron chi connectivity index (χ4n) is 1.05. The van der Waals surface area contributed by atoms with E-state index in [0.29, 0.717) is 19.6 Å². The fraction of sp³-hybridized carbons (Fsp3) is 0.714. The summed E-state index contributed by atoms with van der Waals surface area (Å²) >= 11 is 0. The first-order valence-electron chi connectivity index (χ1n) is 3.92. The molecule has 12 heavy (non-hydrogen) atoms. The standard InChI is InChI=1S/C7H12N2O3/c1-2-12-7(11)9-5-3-6(10)8-4-5/h5H,2-4H2,1H3,(H,8,10)(H,9,11). The Labute approximate surface area is 70.5 Å². The van der Waals surface area contributed by atoms with Gasteiger partial charge >= 0.3 is 6.09 Å². The Morgan fingerprint density at radius 2 is 2.58 bits per heavy atom. The van der Waals surface area contributed by atoms with Gasteiger partial charge in [-0.15, -0.1) is 0 Å². The van der Waals surface area contributed by atoms with E-state index in [2.05, 4.69) is 15.4 Å². The molecule has 1 aliphatic heterocycles. The topological polar surface area (TPSA) is 67.4 Å². The number of alkyl carbamates (subject to hydrolysis) is 1. The van der Waals surface area contributed by atoms with Gasteiger partial charge in [0.1, 0.15) is 0 Å². The summed E-state index contributed by atoms with van der Waals surface area (Å²) in [5.74, 6) is -0.0307. The molecule has 1 fully saturated rings. The molecule has 2 N–H and O–H groups in total. The van der Waals surface area contributed by atoms with E-state index in [1.54, 1.807) is 6.92 Å². The monoisotopic (exact) mass is 172 g/mol. The second-order valence-corrected chi connectivity index (χ2v) is 2.57. The predicted octanol–water partition coefficient (Wildman–Crippen LogP) is -0.379. The van der Waals surface area contributed by atoms with Crippen LogP contribution in [-0.4, -0.2) is 31.2 Å². The van der Waals surface area contributed by atoms with Crippen molar-refractivity contribution in [3.8, 4) is 0 Å². The third-order valence-corrected chi connectivity index (χ3v) is 1.57. The maximum absolute atomic E-state index is 10.8. The quantitative estimate of drug-likeness (QED) is 0.596.